The van der Waals surface area contributed by atoms with Crippen LogP contribution >= 0.6 is 23.4 Å². The quantitative estimate of drug-likeness (QED) is 0.275. The maximum absolute atomic E-state index is 12.9. The van der Waals surface area contributed by atoms with Gasteiger partial charge in [-0.05, 0) is 54.4 Å². The Labute approximate surface area is 197 Å². The zero-order valence-corrected chi connectivity index (χ0v) is 18.9. The molecule has 0 aliphatic carbocycles. The molecule has 170 valence electrons. The molecule has 3 nitrogen and oxygen atoms in total. The van der Waals surface area contributed by atoms with E-state index in [-0.39, 0.29) is 18.2 Å². The lowest BCUT2D eigenvalue weighted by atomic mass is 10.1. The Balaban J connectivity index is 1.45. The molecule has 0 atom stereocenters. The number of hydrogen-bond donors (Lipinski definition) is 1. The average Bonchev–Trinajstić information content (AvgIpc) is 3.17. The van der Waals surface area contributed by atoms with Gasteiger partial charge in [-0.2, -0.15) is 13.2 Å². The van der Waals surface area contributed by atoms with Crippen LogP contribution in [0.2, 0.25) is 5.02 Å². The van der Waals surface area contributed by atoms with Crippen molar-refractivity contribution in [1.82, 2.24) is 5.32 Å². The van der Waals surface area contributed by atoms with Crippen LogP contribution in [0.1, 0.15) is 27.2 Å². The first-order valence-electron chi connectivity index (χ1n) is 10.1. The minimum absolute atomic E-state index is 0.241. The number of nitrogens with one attached hydrogen (secondary N) is 1. The third-order valence-corrected chi connectivity index (χ3v) is 6.37. The molecule has 0 aliphatic rings. The van der Waals surface area contributed by atoms with Gasteiger partial charge >= 0.3 is 6.18 Å². The molecule has 1 amide bonds. The molecule has 0 unspecified atom stereocenters. The average molecular weight is 490 g/mol. The van der Waals surface area contributed by atoms with Gasteiger partial charge in [0.15, 0.2) is 5.76 Å². The van der Waals surface area contributed by atoms with Crippen LogP contribution in [0.3, 0.4) is 0 Å². The molecular formula is C25H19ClF3NO2S. The summed E-state index contributed by atoms with van der Waals surface area (Å²) in [6.07, 6.45) is -3.96. The van der Waals surface area contributed by atoms with Crippen LogP contribution in [0, 0.1) is 0 Å². The summed E-state index contributed by atoms with van der Waals surface area (Å²) in [5.74, 6) is 0.412. The number of halogens is 4. The molecule has 33 heavy (non-hydrogen) atoms. The Morgan fingerprint density at radius 1 is 0.970 bits per heavy atom. The Bertz CT molecular complexity index is 1250. The van der Waals surface area contributed by atoms with Gasteiger partial charge in [0.1, 0.15) is 5.58 Å². The molecule has 4 rings (SSSR count). The van der Waals surface area contributed by atoms with E-state index < -0.39 is 11.7 Å². The van der Waals surface area contributed by atoms with Gasteiger partial charge in [-0.3, -0.25) is 4.79 Å². The fraction of sp³-hybridized carbons (Fsp3) is 0.160. The Morgan fingerprint density at radius 3 is 2.36 bits per heavy atom. The normalized spacial score (nSPS) is 11.6. The molecule has 0 saturated carbocycles. The number of hydrogen-bond acceptors (Lipinski definition) is 3. The molecule has 1 heterocycles. The second kappa shape index (κ2) is 9.93. The van der Waals surface area contributed by atoms with Crippen LogP contribution in [0.5, 0.6) is 0 Å². The van der Waals surface area contributed by atoms with E-state index in [2.05, 4.69) is 5.32 Å². The number of carbonyl (C=O) groups excluding carboxylic acids is 1. The molecule has 8 heteroatoms. The molecule has 1 N–H and O–H groups in total. The van der Waals surface area contributed by atoms with Gasteiger partial charge in [0.05, 0.1) is 5.56 Å². The molecule has 0 fully saturated rings. The van der Waals surface area contributed by atoms with Gasteiger partial charge in [-0.15, -0.1) is 11.8 Å². The number of alkyl halides is 3. The van der Waals surface area contributed by atoms with Crippen molar-refractivity contribution in [2.45, 2.75) is 23.2 Å². The second-order valence-corrected chi connectivity index (χ2v) is 8.83. The summed E-state index contributed by atoms with van der Waals surface area (Å²) in [6, 6.07) is 19.8. The topological polar surface area (TPSA) is 42.2 Å². The van der Waals surface area contributed by atoms with Crippen molar-refractivity contribution in [3.8, 4) is 0 Å². The number of amides is 1. The summed E-state index contributed by atoms with van der Waals surface area (Å²) >= 11 is 7.52. The molecule has 0 bridgehead atoms. The summed E-state index contributed by atoms with van der Waals surface area (Å²) in [5.41, 5.74) is 1.42. The highest BCUT2D eigenvalue weighted by Crippen LogP contribution is 2.33. The van der Waals surface area contributed by atoms with Crippen LogP contribution in [0.4, 0.5) is 13.2 Å². The molecule has 0 aliphatic heterocycles. The number of fused-ring (bicyclic) bond motifs is 1. The van der Waals surface area contributed by atoms with Crippen LogP contribution in [0.25, 0.3) is 11.0 Å². The highest BCUT2D eigenvalue weighted by atomic mass is 35.5. The van der Waals surface area contributed by atoms with Crippen LogP contribution in [-0.4, -0.2) is 12.5 Å². The third-order valence-electron chi connectivity index (χ3n) is 5.08. The zero-order chi connectivity index (χ0) is 23.4. The van der Waals surface area contributed by atoms with Crippen LogP contribution in [-0.2, 0) is 18.3 Å². The molecule has 0 radical (unpaired) electrons. The minimum Gasteiger partial charge on any atom is -0.451 e. The minimum atomic E-state index is -4.37. The van der Waals surface area contributed by atoms with Crippen molar-refractivity contribution >= 4 is 40.2 Å². The van der Waals surface area contributed by atoms with E-state index in [1.807, 2.05) is 48.5 Å². The van der Waals surface area contributed by atoms with Crippen molar-refractivity contribution in [3.05, 3.63) is 100 Å². The first-order valence-corrected chi connectivity index (χ1v) is 11.5. The van der Waals surface area contributed by atoms with Crippen LogP contribution < -0.4 is 5.32 Å². The van der Waals surface area contributed by atoms with Crippen molar-refractivity contribution in [2.75, 3.05) is 6.54 Å². The number of carbonyl (C=O) groups is 1. The van der Waals surface area contributed by atoms with Crippen molar-refractivity contribution in [2.24, 2.45) is 0 Å². The fourth-order valence-corrected chi connectivity index (χ4v) is 4.42. The lowest BCUT2D eigenvalue weighted by molar-refractivity contribution is -0.137. The molecule has 3 aromatic carbocycles. The molecular weight excluding hydrogens is 471 g/mol. The predicted octanol–water partition coefficient (Wildman–Crippen LogP) is 7.37. The predicted molar refractivity (Wildman–Crippen MR) is 125 cm³/mol. The Kier molecular flexibility index (Phi) is 7.00. The second-order valence-electron chi connectivity index (χ2n) is 7.35. The zero-order valence-electron chi connectivity index (χ0n) is 17.3. The van der Waals surface area contributed by atoms with Gasteiger partial charge in [-0.25, -0.2) is 0 Å². The standard InChI is InChI=1S/C25H19ClF3NO2S/c26-18-9-11-19(12-10-18)33-15-21-20-3-1-2-4-22(20)32-23(21)24(31)30-14-13-16-5-7-17(8-6-16)25(27,28)29/h1-12H,13-15H2,(H,30,31). The van der Waals surface area contributed by atoms with E-state index >= 15 is 0 Å². The van der Waals surface area contributed by atoms with E-state index in [0.29, 0.717) is 28.3 Å². The van der Waals surface area contributed by atoms with Gasteiger partial charge < -0.3 is 9.73 Å². The summed E-state index contributed by atoms with van der Waals surface area (Å²) < 4.78 is 44.0. The van der Waals surface area contributed by atoms with Gasteiger partial charge in [0, 0.05) is 33.2 Å². The lowest BCUT2D eigenvalue weighted by Crippen LogP contribution is -2.26. The van der Waals surface area contributed by atoms with Gasteiger partial charge in [-0.1, -0.05) is 41.9 Å². The first kappa shape index (κ1) is 23.3. The van der Waals surface area contributed by atoms with Gasteiger partial charge in [0.25, 0.3) is 5.91 Å². The van der Waals surface area contributed by atoms with E-state index in [4.69, 9.17) is 16.0 Å². The summed E-state index contributed by atoms with van der Waals surface area (Å²) in [5, 5.41) is 4.34. The molecule has 0 spiro atoms. The number of benzene rings is 3. The number of rotatable bonds is 7. The van der Waals surface area contributed by atoms with Gasteiger partial charge in [0.2, 0.25) is 0 Å². The largest absolute Gasteiger partial charge is 0.451 e. The van der Waals surface area contributed by atoms with Crippen molar-refractivity contribution in [3.63, 3.8) is 0 Å². The van der Waals surface area contributed by atoms with Crippen molar-refractivity contribution < 1.29 is 22.4 Å². The van der Waals surface area contributed by atoms with Crippen LogP contribution in [0.15, 0.2) is 82.1 Å². The highest BCUT2D eigenvalue weighted by Gasteiger charge is 2.29. The summed E-state index contributed by atoms with van der Waals surface area (Å²) in [4.78, 5) is 13.9. The summed E-state index contributed by atoms with van der Waals surface area (Å²) in [6.45, 7) is 0.269. The third kappa shape index (κ3) is 5.72. The summed E-state index contributed by atoms with van der Waals surface area (Å²) in [7, 11) is 0. The highest BCUT2D eigenvalue weighted by molar-refractivity contribution is 7.98. The van der Waals surface area contributed by atoms with E-state index in [0.717, 1.165) is 28.0 Å². The number of furan rings is 1. The van der Waals surface area contributed by atoms with E-state index in [1.165, 1.54) is 12.1 Å². The fourth-order valence-electron chi connectivity index (χ4n) is 3.37. The van der Waals surface area contributed by atoms with E-state index in [1.54, 1.807) is 11.8 Å². The Hall–Kier alpha value is -2.90. The Morgan fingerprint density at radius 2 is 1.67 bits per heavy atom. The lowest BCUT2D eigenvalue weighted by Gasteiger charge is -2.08. The molecule has 1 aromatic heterocycles. The molecule has 4 aromatic rings. The molecule has 0 saturated heterocycles. The van der Waals surface area contributed by atoms with E-state index in [9.17, 15) is 18.0 Å². The SMILES string of the molecule is O=C(NCCc1ccc(C(F)(F)F)cc1)c1oc2ccccc2c1CSc1ccc(Cl)cc1. The maximum Gasteiger partial charge on any atom is 0.416 e. The van der Waals surface area contributed by atoms with Crippen molar-refractivity contribution in [1.29, 1.82) is 0 Å². The first-order chi connectivity index (χ1) is 15.8. The maximum atomic E-state index is 12.9. The monoisotopic (exact) mass is 489 g/mol. The number of thioether (sulfide) groups is 1. The number of para-hydroxylation sites is 1. The smallest absolute Gasteiger partial charge is 0.416 e.